The van der Waals surface area contributed by atoms with Crippen molar-refractivity contribution < 1.29 is 9.90 Å². The Kier molecular flexibility index (Phi) is 5.09. The molecule has 0 aromatic heterocycles. The second kappa shape index (κ2) is 7.26. The molecule has 102 valence electrons. The number of carbonyl (C=O) groups is 1. The average molecular weight is 267 g/mol. The van der Waals surface area contributed by atoms with Crippen LogP contribution < -0.4 is 5.32 Å². The third-order valence-corrected chi connectivity index (χ3v) is 2.97. The van der Waals surface area contributed by atoms with Crippen LogP contribution in [0, 0.1) is 0 Å². The van der Waals surface area contributed by atoms with E-state index in [1.165, 1.54) is 6.08 Å². The Morgan fingerprint density at radius 1 is 1.00 bits per heavy atom. The summed E-state index contributed by atoms with van der Waals surface area (Å²) >= 11 is 0. The molecule has 0 saturated carbocycles. The number of nitrogens with one attached hydrogen (secondary N) is 1. The van der Waals surface area contributed by atoms with E-state index in [-0.39, 0.29) is 12.5 Å². The zero-order valence-electron chi connectivity index (χ0n) is 11.1. The summed E-state index contributed by atoms with van der Waals surface area (Å²) in [6, 6.07) is 17.2. The van der Waals surface area contributed by atoms with Gasteiger partial charge in [-0.05, 0) is 22.8 Å². The molecular weight excluding hydrogens is 250 g/mol. The van der Waals surface area contributed by atoms with Crippen LogP contribution in [0.1, 0.15) is 16.7 Å². The summed E-state index contributed by atoms with van der Waals surface area (Å²) in [5, 5.41) is 12.0. The Labute approximate surface area is 118 Å². The van der Waals surface area contributed by atoms with Crippen molar-refractivity contribution >= 4 is 12.0 Å². The van der Waals surface area contributed by atoms with Gasteiger partial charge in [-0.3, -0.25) is 4.79 Å². The van der Waals surface area contributed by atoms with Gasteiger partial charge in [0.1, 0.15) is 0 Å². The van der Waals surface area contributed by atoms with Crippen LogP contribution in [0.2, 0.25) is 0 Å². The summed E-state index contributed by atoms with van der Waals surface area (Å²) in [5.74, 6) is -0.151. The first-order valence-corrected chi connectivity index (χ1v) is 6.48. The number of aliphatic hydroxyl groups excluding tert-OH is 1. The van der Waals surface area contributed by atoms with Gasteiger partial charge in [-0.25, -0.2) is 0 Å². The van der Waals surface area contributed by atoms with Gasteiger partial charge in [0.05, 0.1) is 6.61 Å². The van der Waals surface area contributed by atoms with Gasteiger partial charge in [-0.2, -0.15) is 0 Å². The van der Waals surface area contributed by atoms with Crippen molar-refractivity contribution in [1.29, 1.82) is 0 Å². The van der Waals surface area contributed by atoms with E-state index in [9.17, 15) is 9.90 Å². The summed E-state index contributed by atoms with van der Waals surface area (Å²) in [4.78, 5) is 11.7. The van der Waals surface area contributed by atoms with Gasteiger partial charge < -0.3 is 10.4 Å². The highest BCUT2D eigenvalue weighted by molar-refractivity contribution is 5.91. The van der Waals surface area contributed by atoms with Crippen LogP contribution in [-0.4, -0.2) is 11.0 Å². The maximum atomic E-state index is 11.7. The first kappa shape index (κ1) is 14.0. The number of benzene rings is 2. The fourth-order valence-corrected chi connectivity index (χ4v) is 1.86. The fourth-order valence-electron chi connectivity index (χ4n) is 1.86. The van der Waals surface area contributed by atoms with Gasteiger partial charge in [0.15, 0.2) is 0 Å². The molecule has 2 aromatic carbocycles. The van der Waals surface area contributed by atoms with E-state index >= 15 is 0 Å². The van der Waals surface area contributed by atoms with Crippen molar-refractivity contribution in [1.82, 2.24) is 5.32 Å². The monoisotopic (exact) mass is 267 g/mol. The summed E-state index contributed by atoms with van der Waals surface area (Å²) in [6.07, 6.45) is 3.28. The van der Waals surface area contributed by atoms with Crippen molar-refractivity contribution in [3.63, 3.8) is 0 Å². The standard InChI is InChI=1S/C17H17NO2/c19-13-16-9-5-4-8-15(16)12-18-17(20)11-10-14-6-2-1-3-7-14/h1-11,19H,12-13H2,(H,18,20)/b11-10+. The van der Waals surface area contributed by atoms with Gasteiger partial charge in [-0.15, -0.1) is 0 Å². The van der Waals surface area contributed by atoms with E-state index in [1.54, 1.807) is 6.08 Å². The predicted molar refractivity (Wildman–Crippen MR) is 79.7 cm³/mol. The van der Waals surface area contributed by atoms with E-state index < -0.39 is 0 Å². The topological polar surface area (TPSA) is 49.3 Å². The van der Waals surface area contributed by atoms with Crippen molar-refractivity contribution in [3.8, 4) is 0 Å². The number of rotatable bonds is 5. The zero-order valence-corrected chi connectivity index (χ0v) is 11.1. The molecule has 2 rings (SSSR count). The zero-order chi connectivity index (χ0) is 14.2. The molecule has 2 N–H and O–H groups in total. The SMILES string of the molecule is O=C(/C=C/c1ccccc1)NCc1ccccc1CO. The van der Waals surface area contributed by atoms with E-state index in [1.807, 2.05) is 54.6 Å². The van der Waals surface area contributed by atoms with E-state index in [2.05, 4.69) is 5.32 Å². The Morgan fingerprint density at radius 2 is 1.65 bits per heavy atom. The lowest BCUT2D eigenvalue weighted by molar-refractivity contribution is -0.116. The van der Waals surface area contributed by atoms with Gasteiger partial charge in [0, 0.05) is 12.6 Å². The first-order valence-electron chi connectivity index (χ1n) is 6.48. The number of hydrogen-bond acceptors (Lipinski definition) is 2. The molecule has 0 spiro atoms. The largest absolute Gasteiger partial charge is 0.392 e. The minimum Gasteiger partial charge on any atom is -0.392 e. The Balaban J connectivity index is 1.91. The Bertz CT molecular complexity index is 591. The summed E-state index contributed by atoms with van der Waals surface area (Å²) in [6.45, 7) is 0.389. The molecule has 20 heavy (non-hydrogen) atoms. The highest BCUT2D eigenvalue weighted by Crippen LogP contribution is 2.08. The Morgan fingerprint density at radius 3 is 2.35 bits per heavy atom. The summed E-state index contributed by atoms with van der Waals surface area (Å²) < 4.78 is 0. The average Bonchev–Trinajstić information content (AvgIpc) is 2.52. The number of aliphatic hydroxyl groups is 1. The Hall–Kier alpha value is -2.39. The molecule has 0 aliphatic heterocycles. The van der Waals surface area contributed by atoms with Crippen LogP contribution in [0.5, 0.6) is 0 Å². The number of carbonyl (C=O) groups excluding carboxylic acids is 1. The first-order chi connectivity index (χ1) is 9.79. The molecule has 3 nitrogen and oxygen atoms in total. The van der Waals surface area contributed by atoms with Gasteiger partial charge in [0.2, 0.25) is 5.91 Å². The molecular formula is C17H17NO2. The van der Waals surface area contributed by atoms with Crippen LogP contribution in [-0.2, 0) is 17.9 Å². The minimum absolute atomic E-state index is 0.0219. The molecule has 2 aromatic rings. The molecule has 0 unspecified atom stereocenters. The highest BCUT2D eigenvalue weighted by atomic mass is 16.3. The second-order valence-electron chi connectivity index (χ2n) is 4.39. The van der Waals surface area contributed by atoms with Gasteiger partial charge in [0.25, 0.3) is 0 Å². The van der Waals surface area contributed by atoms with Gasteiger partial charge >= 0.3 is 0 Å². The van der Waals surface area contributed by atoms with E-state index in [0.29, 0.717) is 6.54 Å². The lowest BCUT2D eigenvalue weighted by Crippen LogP contribution is -2.21. The third-order valence-electron chi connectivity index (χ3n) is 2.97. The van der Waals surface area contributed by atoms with Crippen molar-refractivity contribution in [2.75, 3.05) is 0 Å². The molecule has 0 fully saturated rings. The maximum Gasteiger partial charge on any atom is 0.244 e. The van der Waals surface area contributed by atoms with E-state index in [0.717, 1.165) is 16.7 Å². The molecule has 0 heterocycles. The molecule has 0 atom stereocenters. The molecule has 3 heteroatoms. The fraction of sp³-hybridized carbons (Fsp3) is 0.118. The van der Waals surface area contributed by atoms with Crippen LogP contribution in [0.3, 0.4) is 0 Å². The highest BCUT2D eigenvalue weighted by Gasteiger charge is 2.01. The normalized spacial score (nSPS) is 10.7. The molecule has 0 saturated heterocycles. The molecule has 0 bridgehead atoms. The van der Waals surface area contributed by atoms with E-state index in [4.69, 9.17) is 0 Å². The van der Waals surface area contributed by atoms with Crippen LogP contribution in [0.25, 0.3) is 6.08 Å². The molecule has 0 aliphatic rings. The van der Waals surface area contributed by atoms with Crippen LogP contribution >= 0.6 is 0 Å². The number of amides is 1. The lowest BCUT2D eigenvalue weighted by Gasteiger charge is -2.07. The van der Waals surface area contributed by atoms with Crippen LogP contribution in [0.4, 0.5) is 0 Å². The maximum absolute atomic E-state index is 11.7. The molecule has 0 aliphatic carbocycles. The van der Waals surface area contributed by atoms with Crippen molar-refractivity contribution in [2.45, 2.75) is 13.2 Å². The third kappa shape index (κ3) is 4.07. The lowest BCUT2D eigenvalue weighted by atomic mass is 10.1. The van der Waals surface area contributed by atoms with Gasteiger partial charge in [-0.1, -0.05) is 54.6 Å². The smallest absolute Gasteiger partial charge is 0.244 e. The summed E-state index contributed by atoms with van der Waals surface area (Å²) in [5.41, 5.74) is 2.75. The predicted octanol–water partition coefficient (Wildman–Crippen LogP) is 2.51. The second-order valence-corrected chi connectivity index (χ2v) is 4.39. The van der Waals surface area contributed by atoms with Crippen molar-refractivity contribution in [2.24, 2.45) is 0 Å². The van der Waals surface area contributed by atoms with Crippen LogP contribution in [0.15, 0.2) is 60.7 Å². The minimum atomic E-state index is -0.151. The molecule has 1 amide bonds. The summed E-state index contributed by atoms with van der Waals surface area (Å²) in [7, 11) is 0. The van der Waals surface area contributed by atoms with Crippen molar-refractivity contribution in [3.05, 3.63) is 77.4 Å². The number of hydrogen-bond donors (Lipinski definition) is 2. The molecule has 0 radical (unpaired) electrons. The quantitative estimate of drug-likeness (QED) is 0.818.